The summed E-state index contributed by atoms with van der Waals surface area (Å²) in [6.45, 7) is 11.4. The third-order valence-electron chi connectivity index (χ3n) is 2.50. The van der Waals surface area contributed by atoms with E-state index < -0.39 is 0 Å². The summed E-state index contributed by atoms with van der Waals surface area (Å²) in [5, 5.41) is 2.92. The molecule has 0 N–H and O–H groups in total. The number of aliphatic imine (C=N–C) groups is 1. The van der Waals surface area contributed by atoms with Gasteiger partial charge in [0.2, 0.25) is 0 Å². The molecule has 0 radical (unpaired) electrons. The lowest BCUT2D eigenvalue weighted by Crippen LogP contribution is -2.06. The van der Waals surface area contributed by atoms with Crippen molar-refractivity contribution in [2.45, 2.75) is 40.0 Å². The van der Waals surface area contributed by atoms with E-state index >= 15 is 0 Å². The van der Waals surface area contributed by atoms with Gasteiger partial charge < -0.3 is 0 Å². The number of rotatable bonds is 9. The van der Waals surface area contributed by atoms with Crippen molar-refractivity contribution in [2.75, 3.05) is 13.1 Å². The van der Waals surface area contributed by atoms with Gasteiger partial charge in [-0.05, 0) is 44.2 Å². The predicted octanol–water partition coefficient (Wildman–Crippen LogP) is 3.84. The third-order valence-corrected chi connectivity index (χ3v) is 2.50. The zero-order valence-corrected chi connectivity index (χ0v) is 10.8. The second-order valence-electron chi connectivity index (χ2n) is 4.79. The van der Waals surface area contributed by atoms with E-state index in [0.717, 1.165) is 25.8 Å². The number of hydrogen-bond acceptors (Lipinski definition) is 3. The van der Waals surface area contributed by atoms with E-state index in [4.69, 9.17) is 0 Å². The van der Waals surface area contributed by atoms with Crippen molar-refractivity contribution in [3.05, 3.63) is 17.1 Å². The third kappa shape index (κ3) is 9.56. The van der Waals surface area contributed by atoms with Crippen molar-refractivity contribution < 1.29 is 0 Å². The number of nitroso groups, excluding NO2 is 1. The van der Waals surface area contributed by atoms with E-state index in [-0.39, 0.29) is 0 Å². The highest BCUT2D eigenvalue weighted by Crippen LogP contribution is 2.14. The summed E-state index contributed by atoms with van der Waals surface area (Å²) < 4.78 is 0. The lowest BCUT2D eigenvalue weighted by Gasteiger charge is -2.12. The van der Waals surface area contributed by atoms with Gasteiger partial charge in [-0.15, -0.1) is 6.58 Å². The fourth-order valence-electron chi connectivity index (χ4n) is 1.59. The van der Waals surface area contributed by atoms with Crippen LogP contribution >= 0.6 is 0 Å². The summed E-state index contributed by atoms with van der Waals surface area (Å²) in [4.78, 5) is 14.4. The molecule has 0 amide bonds. The highest BCUT2D eigenvalue weighted by molar-refractivity contribution is 5.57. The summed E-state index contributed by atoms with van der Waals surface area (Å²) in [6.07, 6.45) is 4.99. The van der Waals surface area contributed by atoms with Crippen LogP contribution in [-0.2, 0) is 0 Å². The molecule has 0 aromatic carbocycles. The molecule has 3 nitrogen and oxygen atoms in total. The Morgan fingerprint density at radius 1 is 1.38 bits per heavy atom. The molecule has 0 aliphatic carbocycles. The molecule has 2 unspecified atom stereocenters. The molecule has 0 saturated heterocycles. The average Bonchev–Trinajstić information content (AvgIpc) is 2.16. The molecule has 0 fully saturated rings. The monoisotopic (exact) mass is 224 g/mol. The summed E-state index contributed by atoms with van der Waals surface area (Å²) in [6, 6.07) is 0. The molecule has 0 saturated carbocycles. The second kappa shape index (κ2) is 9.25. The van der Waals surface area contributed by atoms with Gasteiger partial charge in [-0.3, -0.25) is 4.99 Å². The second-order valence-corrected chi connectivity index (χ2v) is 4.79. The Labute approximate surface area is 99.0 Å². The van der Waals surface area contributed by atoms with Crippen LogP contribution in [0.5, 0.6) is 0 Å². The highest BCUT2D eigenvalue weighted by Gasteiger charge is 2.07. The first-order valence-corrected chi connectivity index (χ1v) is 5.98. The van der Waals surface area contributed by atoms with Gasteiger partial charge in [0.05, 0.1) is 6.54 Å². The molecular weight excluding hydrogens is 200 g/mol. The summed E-state index contributed by atoms with van der Waals surface area (Å²) in [5.74, 6) is 0.960. The first-order chi connectivity index (χ1) is 7.56. The van der Waals surface area contributed by atoms with E-state index in [1.54, 1.807) is 0 Å². The van der Waals surface area contributed by atoms with Gasteiger partial charge in [0.15, 0.2) is 0 Å². The fraction of sp³-hybridized carbons (Fsp3) is 0.769. The van der Waals surface area contributed by atoms with Crippen molar-refractivity contribution in [3.8, 4) is 0 Å². The van der Waals surface area contributed by atoms with Crippen molar-refractivity contribution >= 4 is 6.21 Å². The molecule has 92 valence electrons. The zero-order chi connectivity index (χ0) is 12.4. The first-order valence-electron chi connectivity index (χ1n) is 5.98. The van der Waals surface area contributed by atoms with Crippen LogP contribution in [-0.4, -0.2) is 19.3 Å². The van der Waals surface area contributed by atoms with E-state index in [0.29, 0.717) is 18.4 Å². The van der Waals surface area contributed by atoms with Crippen molar-refractivity contribution in [1.82, 2.24) is 0 Å². The van der Waals surface area contributed by atoms with Crippen molar-refractivity contribution in [1.29, 1.82) is 0 Å². The zero-order valence-electron chi connectivity index (χ0n) is 10.8. The smallest absolute Gasteiger partial charge is 0.0836 e. The van der Waals surface area contributed by atoms with Gasteiger partial charge in [-0.2, -0.15) is 4.91 Å². The molecule has 2 atom stereocenters. The maximum Gasteiger partial charge on any atom is 0.0836 e. The van der Waals surface area contributed by atoms with Crippen LogP contribution in [0.2, 0.25) is 0 Å². The Bertz CT molecular complexity index is 236. The molecule has 0 rings (SSSR count). The van der Waals surface area contributed by atoms with Gasteiger partial charge in [-0.1, -0.05) is 24.6 Å². The highest BCUT2D eigenvalue weighted by atomic mass is 16.3. The first kappa shape index (κ1) is 15.0. The minimum atomic E-state index is 0.385. The molecule has 0 aliphatic rings. The lowest BCUT2D eigenvalue weighted by molar-refractivity contribution is 0.432. The van der Waals surface area contributed by atoms with Crippen LogP contribution < -0.4 is 0 Å². The molecule has 0 spiro atoms. The van der Waals surface area contributed by atoms with Crippen molar-refractivity contribution in [3.63, 3.8) is 0 Å². The largest absolute Gasteiger partial charge is 0.297 e. The Kier molecular flexibility index (Phi) is 8.68. The molecule has 3 heteroatoms. The van der Waals surface area contributed by atoms with Gasteiger partial charge in [0, 0.05) is 6.54 Å². The minimum Gasteiger partial charge on any atom is -0.297 e. The quantitative estimate of drug-likeness (QED) is 0.333. The maximum absolute atomic E-state index is 10.1. The standard InChI is InChI=1S/C13H24N2O/c1-11(2)5-7-14-8-6-12(3)9-13(4)10-15-16/h8,12-13H,1,5-7,9-10H2,2-4H3/b14-8+. The molecule has 0 aromatic heterocycles. The molecule has 0 heterocycles. The Hall–Kier alpha value is -0.990. The molecule has 0 bridgehead atoms. The Morgan fingerprint density at radius 2 is 2.06 bits per heavy atom. The van der Waals surface area contributed by atoms with E-state index in [1.165, 1.54) is 5.57 Å². The normalized spacial score (nSPS) is 14.9. The topological polar surface area (TPSA) is 41.8 Å². The van der Waals surface area contributed by atoms with Crippen LogP contribution in [0.15, 0.2) is 22.3 Å². The summed E-state index contributed by atoms with van der Waals surface area (Å²) in [7, 11) is 0. The van der Waals surface area contributed by atoms with Gasteiger partial charge in [-0.25, -0.2) is 0 Å². The van der Waals surface area contributed by atoms with Crippen LogP contribution in [0, 0.1) is 16.7 Å². The molecular formula is C13H24N2O. The van der Waals surface area contributed by atoms with Crippen LogP contribution in [0.1, 0.15) is 40.0 Å². The van der Waals surface area contributed by atoms with Crippen LogP contribution in [0.25, 0.3) is 0 Å². The average molecular weight is 224 g/mol. The maximum atomic E-state index is 10.1. The Balaban J connectivity index is 3.59. The molecule has 16 heavy (non-hydrogen) atoms. The number of nitrogens with zero attached hydrogens (tertiary/aromatic N) is 2. The predicted molar refractivity (Wildman–Crippen MR) is 71.0 cm³/mol. The minimum absolute atomic E-state index is 0.385. The van der Waals surface area contributed by atoms with Gasteiger partial charge in [0.25, 0.3) is 0 Å². The fourth-order valence-corrected chi connectivity index (χ4v) is 1.59. The Morgan fingerprint density at radius 3 is 2.62 bits per heavy atom. The van der Waals surface area contributed by atoms with Crippen molar-refractivity contribution in [2.24, 2.45) is 22.0 Å². The lowest BCUT2D eigenvalue weighted by atomic mass is 9.95. The van der Waals surface area contributed by atoms with E-state index in [1.807, 2.05) is 13.1 Å². The van der Waals surface area contributed by atoms with E-state index in [2.05, 4.69) is 30.6 Å². The van der Waals surface area contributed by atoms with Crippen LogP contribution in [0.4, 0.5) is 0 Å². The van der Waals surface area contributed by atoms with Gasteiger partial charge >= 0.3 is 0 Å². The van der Waals surface area contributed by atoms with Gasteiger partial charge in [0.1, 0.15) is 0 Å². The molecule has 0 aromatic rings. The molecule has 0 aliphatic heterocycles. The number of hydrogen-bond donors (Lipinski definition) is 0. The summed E-state index contributed by atoms with van der Waals surface area (Å²) in [5.41, 5.74) is 1.18. The van der Waals surface area contributed by atoms with Crippen LogP contribution in [0.3, 0.4) is 0 Å². The summed E-state index contributed by atoms with van der Waals surface area (Å²) >= 11 is 0. The van der Waals surface area contributed by atoms with E-state index in [9.17, 15) is 4.91 Å². The SMILES string of the molecule is C=C(C)CC/N=C/CC(C)CC(C)CN=O.